The third kappa shape index (κ3) is 7.58. The first kappa shape index (κ1) is 47.9. The lowest BCUT2D eigenvalue weighted by molar-refractivity contribution is 1.29. The van der Waals surface area contributed by atoms with Gasteiger partial charge in [-0.25, -0.2) is 0 Å². The van der Waals surface area contributed by atoms with Gasteiger partial charge >= 0.3 is 0 Å². The van der Waals surface area contributed by atoms with E-state index in [9.17, 15) is 0 Å². The van der Waals surface area contributed by atoms with E-state index in [1.165, 1.54) is 135 Å². The Morgan fingerprint density at radius 3 is 1.00 bits per heavy atom. The molecule has 4 heterocycles. The first-order chi connectivity index (χ1) is 41.6. The number of anilines is 6. The van der Waals surface area contributed by atoms with Crippen LogP contribution in [0.4, 0.5) is 34.1 Å². The van der Waals surface area contributed by atoms with Crippen molar-refractivity contribution >= 4 is 192 Å². The first-order valence-electron chi connectivity index (χ1n) is 28.4. The summed E-state index contributed by atoms with van der Waals surface area (Å²) in [7, 11) is 0. The van der Waals surface area contributed by atoms with Gasteiger partial charge in [-0.05, 0) is 152 Å². The fourth-order valence-corrected chi connectivity index (χ4v) is 18.3. The number of para-hydroxylation sites is 2. The van der Waals surface area contributed by atoms with Crippen molar-refractivity contribution in [3.8, 4) is 22.3 Å². The summed E-state index contributed by atoms with van der Waals surface area (Å²) in [6.45, 7) is 0. The van der Waals surface area contributed by atoms with E-state index in [2.05, 4.69) is 289 Å². The highest BCUT2D eigenvalue weighted by atomic mass is 32.1. The van der Waals surface area contributed by atoms with E-state index in [4.69, 9.17) is 0 Å². The molecule has 0 atom stereocenters. The van der Waals surface area contributed by atoms with Crippen LogP contribution in [0.25, 0.3) is 135 Å². The number of thiophene rings is 4. The number of rotatable bonds is 8. The summed E-state index contributed by atoms with van der Waals surface area (Å²) in [5.41, 5.74) is 11.8. The van der Waals surface area contributed by atoms with Crippen LogP contribution in [0.15, 0.2) is 279 Å². The SMILES string of the molecule is c1ccc(N(c2ccc(-c3cccc4c3sc3c5ccccc5ccc43)cc2)c2ccc3c(c2)sc2cc4cc5c(cc4cc23)sc2cc(N(c3ccccc3)c3ccc(-c4cccc6c4sc4c7ccccc7ccc64)cc3)ccc25)cc1. The molecule has 0 amide bonds. The van der Waals surface area contributed by atoms with Gasteiger partial charge in [0.15, 0.2) is 0 Å². The van der Waals surface area contributed by atoms with Crippen LogP contribution in [-0.2, 0) is 0 Å². The van der Waals surface area contributed by atoms with Crippen LogP contribution in [0.5, 0.6) is 0 Å². The molecule has 0 aliphatic carbocycles. The summed E-state index contributed by atoms with van der Waals surface area (Å²) in [5.74, 6) is 0. The third-order valence-electron chi connectivity index (χ3n) is 17.2. The molecular formula is C78H46N2S4. The zero-order valence-electron chi connectivity index (χ0n) is 45.1. The Bertz CT molecular complexity index is 5320. The van der Waals surface area contributed by atoms with Gasteiger partial charge in [-0.1, -0.05) is 182 Å². The van der Waals surface area contributed by atoms with Crippen molar-refractivity contribution in [2.24, 2.45) is 0 Å². The smallest absolute Gasteiger partial charge is 0.0476 e. The molecule has 84 heavy (non-hydrogen) atoms. The molecule has 0 bridgehead atoms. The van der Waals surface area contributed by atoms with E-state index in [1.54, 1.807) is 0 Å². The lowest BCUT2D eigenvalue weighted by Gasteiger charge is -2.25. The van der Waals surface area contributed by atoms with E-state index in [-0.39, 0.29) is 0 Å². The second-order valence-corrected chi connectivity index (χ2v) is 26.1. The highest BCUT2D eigenvalue weighted by molar-refractivity contribution is 7.28. The van der Waals surface area contributed by atoms with Crippen molar-refractivity contribution in [3.05, 3.63) is 279 Å². The van der Waals surface area contributed by atoms with Crippen LogP contribution in [0, 0.1) is 0 Å². The molecule has 392 valence electrons. The number of benzene rings is 14. The molecule has 6 heteroatoms. The van der Waals surface area contributed by atoms with Gasteiger partial charge in [0, 0.05) is 115 Å². The molecule has 14 aromatic carbocycles. The highest BCUT2D eigenvalue weighted by Crippen LogP contribution is 2.49. The second-order valence-electron chi connectivity index (χ2n) is 21.9. The average Bonchev–Trinajstić information content (AvgIpc) is 4.06. The van der Waals surface area contributed by atoms with Gasteiger partial charge < -0.3 is 9.80 Å². The minimum atomic E-state index is 1.12. The first-order valence-corrected chi connectivity index (χ1v) is 31.7. The van der Waals surface area contributed by atoms with Crippen molar-refractivity contribution in [3.63, 3.8) is 0 Å². The molecule has 4 aromatic heterocycles. The van der Waals surface area contributed by atoms with Gasteiger partial charge in [0.1, 0.15) is 0 Å². The Balaban J connectivity index is 0.676. The standard InChI is InChI=1S/C78H46N2S4/c1-3-15-53(16-4-1)79(55-31-25-49(26-32-55)61-21-11-23-65-67-37-29-47-13-7-9-19-59(47)77(67)83-75(61)65)57-35-39-63-69-41-51-44-72-70(42-52(51)43-71(69)81-73(63)45-57)64-40-36-58(46-74(64)82-72)80(54-17-5-2-6-18-54)56-33-27-50(28-34-56)62-22-12-24-66-68-38-30-48-14-8-10-20-60(48)78(68)84-76(62)66/h1-46H. The molecule has 0 aliphatic rings. The number of hydrogen-bond donors (Lipinski definition) is 0. The van der Waals surface area contributed by atoms with Crippen molar-refractivity contribution < 1.29 is 0 Å². The zero-order valence-corrected chi connectivity index (χ0v) is 48.4. The number of hydrogen-bond acceptors (Lipinski definition) is 6. The van der Waals surface area contributed by atoms with Gasteiger partial charge in [0.05, 0.1) is 0 Å². The van der Waals surface area contributed by atoms with E-state index in [0.717, 1.165) is 34.1 Å². The summed E-state index contributed by atoms with van der Waals surface area (Å²) in [6, 6.07) is 104. The molecule has 0 fully saturated rings. The molecule has 0 radical (unpaired) electrons. The van der Waals surface area contributed by atoms with Gasteiger partial charge in [-0.15, -0.1) is 45.3 Å². The van der Waals surface area contributed by atoms with Crippen molar-refractivity contribution in [1.29, 1.82) is 0 Å². The molecule has 18 rings (SSSR count). The maximum absolute atomic E-state index is 2.43. The van der Waals surface area contributed by atoms with Crippen molar-refractivity contribution in [1.82, 2.24) is 0 Å². The Morgan fingerprint density at radius 1 is 0.190 bits per heavy atom. The summed E-state index contributed by atoms with van der Waals surface area (Å²) in [4.78, 5) is 4.79. The van der Waals surface area contributed by atoms with Gasteiger partial charge in [-0.2, -0.15) is 0 Å². The fourth-order valence-electron chi connectivity index (χ4n) is 13.2. The highest BCUT2D eigenvalue weighted by Gasteiger charge is 2.21. The summed E-state index contributed by atoms with van der Waals surface area (Å²) in [6.07, 6.45) is 0. The van der Waals surface area contributed by atoms with E-state index in [1.807, 2.05) is 45.3 Å². The van der Waals surface area contributed by atoms with Gasteiger partial charge in [-0.3, -0.25) is 0 Å². The van der Waals surface area contributed by atoms with E-state index >= 15 is 0 Å². The predicted octanol–water partition coefficient (Wildman–Crippen LogP) is 24.9. The topological polar surface area (TPSA) is 6.48 Å². The minimum Gasteiger partial charge on any atom is -0.310 e. The normalized spacial score (nSPS) is 12.0. The average molecular weight is 1140 g/mol. The third-order valence-corrected chi connectivity index (χ3v) is 22.0. The fraction of sp³-hybridized carbons (Fsp3) is 0. The van der Waals surface area contributed by atoms with Gasteiger partial charge in [0.2, 0.25) is 0 Å². The zero-order chi connectivity index (χ0) is 55.0. The second kappa shape index (κ2) is 18.9. The Morgan fingerprint density at radius 2 is 0.548 bits per heavy atom. The van der Waals surface area contributed by atoms with Crippen LogP contribution in [0.3, 0.4) is 0 Å². The molecule has 2 nitrogen and oxygen atoms in total. The van der Waals surface area contributed by atoms with E-state index in [0.29, 0.717) is 0 Å². The summed E-state index contributed by atoms with van der Waals surface area (Å²) >= 11 is 7.59. The maximum Gasteiger partial charge on any atom is 0.0476 e. The molecule has 0 saturated heterocycles. The Hall–Kier alpha value is -9.66. The van der Waals surface area contributed by atoms with Gasteiger partial charge in [0.25, 0.3) is 0 Å². The lowest BCUT2D eigenvalue weighted by atomic mass is 10.0. The van der Waals surface area contributed by atoms with Crippen LogP contribution in [0.2, 0.25) is 0 Å². The summed E-state index contributed by atoms with van der Waals surface area (Å²) in [5, 5.41) is 18.2. The summed E-state index contributed by atoms with van der Waals surface area (Å²) < 4.78 is 10.5. The number of fused-ring (bicyclic) bond motifs is 17. The monoisotopic (exact) mass is 1140 g/mol. The molecular weight excluding hydrogens is 1090 g/mol. The van der Waals surface area contributed by atoms with E-state index < -0.39 is 0 Å². The minimum absolute atomic E-state index is 1.12. The molecule has 0 aliphatic heterocycles. The molecule has 0 saturated carbocycles. The van der Waals surface area contributed by atoms with Crippen molar-refractivity contribution in [2.75, 3.05) is 9.80 Å². The largest absolute Gasteiger partial charge is 0.310 e. The van der Waals surface area contributed by atoms with Crippen LogP contribution < -0.4 is 9.80 Å². The molecule has 0 spiro atoms. The number of nitrogens with zero attached hydrogens (tertiary/aromatic N) is 2. The predicted molar refractivity (Wildman–Crippen MR) is 371 cm³/mol. The van der Waals surface area contributed by atoms with Crippen LogP contribution in [-0.4, -0.2) is 0 Å². The quantitative estimate of drug-likeness (QED) is 0.150. The molecule has 18 aromatic rings. The lowest BCUT2D eigenvalue weighted by Crippen LogP contribution is -2.09. The molecule has 0 N–H and O–H groups in total. The maximum atomic E-state index is 2.43. The van der Waals surface area contributed by atoms with Crippen LogP contribution in [0.1, 0.15) is 0 Å². The Labute approximate surface area is 499 Å². The van der Waals surface area contributed by atoms with Crippen molar-refractivity contribution in [2.45, 2.75) is 0 Å². The Kier molecular flexibility index (Phi) is 10.8. The molecule has 0 unspecified atom stereocenters. The van der Waals surface area contributed by atoms with Crippen LogP contribution >= 0.6 is 45.3 Å².